The highest BCUT2D eigenvalue weighted by Crippen LogP contribution is 2.34. The molecule has 0 spiro atoms. The van der Waals surface area contributed by atoms with Gasteiger partial charge < -0.3 is 10.6 Å². The lowest BCUT2D eigenvalue weighted by atomic mass is 9.94. The first-order valence-electron chi connectivity index (χ1n) is 6.38. The highest BCUT2D eigenvalue weighted by molar-refractivity contribution is 9.10. The van der Waals surface area contributed by atoms with Crippen LogP contribution in [-0.2, 0) is 0 Å². The molecule has 1 saturated carbocycles. The van der Waals surface area contributed by atoms with Crippen LogP contribution in [0.4, 0.5) is 11.4 Å². The van der Waals surface area contributed by atoms with E-state index in [-0.39, 0.29) is 0 Å². The minimum Gasteiger partial charge on any atom is -0.398 e. The third-order valence-corrected chi connectivity index (χ3v) is 4.47. The molecule has 0 unspecified atom stereocenters. The van der Waals surface area contributed by atoms with Crippen molar-refractivity contribution in [2.45, 2.75) is 45.1 Å². The molecular formula is C14H21BrN2. The number of hydrogen-bond donors (Lipinski definition) is 1. The van der Waals surface area contributed by atoms with Gasteiger partial charge in [-0.05, 0) is 53.4 Å². The van der Waals surface area contributed by atoms with E-state index in [0.717, 1.165) is 15.7 Å². The average Bonchev–Trinajstić information content (AvgIpc) is 2.34. The number of hydrogen-bond acceptors (Lipinski definition) is 2. The maximum absolute atomic E-state index is 5.92. The van der Waals surface area contributed by atoms with E-state index in [9.17, 15) is 0 Å². The van der Waals surface area contributed by atoms with Crippen molar-refractivity contribution in [1.29, 1.82) is 0 Å². The molecule has 0 saturated heterocycles. The van der Waals surface area contributed by atoms with Crippen molar-refractivity contribution in [2.24, 2.45) is 0 Å². The lowest BCUT2D eigenvalue weighted by Crippen LogP contribution is -2.33. The molecule has 1 aliphatic carbocycles. The summed E-state index contributed by atoms with van der Waals surface area (Å²) in [5.74, 6) is 0. The summed E-state index contributed by atoms with van der Waals surface area (Å²) < 4.78 is 1.11. The minimum atomic E-state index is 0.683. The second-order valence-corrected chi connectivity index (χ2v) is 5.92. The van der Waals surface area contributed by atoms with E-state index in [4.69, 9.17) is 5.73 Å². The summed E-state index contributed by atoms with van der Waals surface area (Å²) in [5.41, 5.74) is 9.20. The molecule has 2 rings (SSSR count). The van der Waals surface area contributed by atoms with Gasteiger partial charge in [-0.15, -0.1) is 0 Å². The van der Waals surface area contributed by atoms with Crippen molar-refractivity contribution >= 4 is 27.3 Å². The van der Waals surface area contributed by atoms with Gasteiger partial charge in [0, 0.05) is 23.2 Å². The lowest BCUT2D eigenvalue weighted by molar-refractivity contribution is 0.427. The molecule has 1 aliphatic rings. The van der Waals surface area contributed by atoms with Crippen LogP contribution >= 0.6 is 15.9 Å². The van der Waals surface area contributed by atoms with Crippen molar-refractivity contribution < 1.29 is 0 Å². The third-order valence-electron chi connectivity index (χ3n) is 3.84. The summed E-state index contributed by atoms with van der Waals surface area (Å²) in [5, 5.41) is 0. The SMILES string of the molecule is Cc1cc(N(C)C2CCCCC2)c(Br)cc1N. The van der Waals surface area contributed by atoms with E-state index in [1.165, 1.54) is 37.8 Å². The number of aryl methyl sites for hydroxylation is 1. The van der Waals surface area contributed by atoms with Crippen LogP contribution < -0.4 is 10.6 Å². The van der Waals surface area contributed by atoms with Gasteiger partial charge in [-0.1, -0.05) is 19.3 Å². The average molecular weight is 297 g/mol. The molecule has 0 radical (unpaired) electrons. The van der Waals surface area contributed by atoms with Crippen molar-refractivity contribution in [3.8, 4) is 0 Å². The van der Waals surface area contributed by atoms with Crippen molar-refractivity contribution in [2.75, 3.05) is 17.7 Å². The Morgan fingerprint density at radius 3 is 2.53 bits per heavy atom. The van der Waals surface area contributed by atoms with Gasteiger partial charge in [0.1, 0.15) is 0 Å². The molecule has 0 amide bonds. The predicted molar refractivity (Wildman–Crippen MR) is 78.6 cm³/mol. The van der Waals surface area contributed by atoms with Gasteiger partial charge in [0.25, 0.3) is 0 Å². The van der Waals surface area contributed by atoms with Crippen LogP contribution in [0.3, 0.4) is 0 Å². The van der Waals surface area contributed by atoms with Gasteiger partial charge in [0.2, 0.25) is 0 Å². The van der Waals surface area contributed by atoms with E-state index in [2.05, 4.69) is 40.9 Å². The molecule has 0 atom stereocenters. The van der Waals surface area contributed by atoms with Gasteiger partial charge in [0.15, 0.2) is 0 Å². The van der Waals surface area contributed by atoms with E-state index in [1.54, 1.807) is 0 Å². The Morgan fingerprint density at radius 1 is 1.24 bits per heavy atom. The molecule has 0 heterocycles. The summed E-state index contributed by atoms with van der Waals surface area (Å²) in [6.07, 6.45) is 6.74. The standard InChI is InChI=1S/C14H21BrN2/c1-10-8-14(12(15)9-13(10)16)17(2)11-6-4-3-5-7-11/h8-9,11H,3-7,16H2,1-2H3. The predicted octanol–water partition coefficient (Wildman–Crippen LogP) is 4.11. The Labute approximate surface area is 112 Å². The first-order valence-corrected chi connectivity index (χ1v) is 7.17. The zero-order chi connectivity index (χ0) is 12.4. The molecule has 1 aromatic rings. The van der Waals surface area contributed by atoms with Gasteiger partial charge >= 0.3 is 0 Å². The van der Waals surface area contributed by atoms with E-state index in [1.807, 2.05) is 6.07 Å². The van der Waals surface area contributed by atoms with E-state index < -0.39 is 0 Å². The topological polar surface area (TPSA) is 29.3 Å². The number of nitrogen functional groups attached to an aromatic ring is 1. The Hall–Kier alpha value is -0.700. The Kier molecular flexibility index (Phi) is 3.97. The minimum absolute atomic E-state index is 0.683. The van der Waals surface area contributed by atoms with Crippen LogP contribution in [0.5, 0.6) is 0 Å². The maximum Gasteiger partial charge on any atom is 0.0514 e. The van der Waals surface area contributed by atoms with E-state index >= 15 is 0 Å². The largest absolute Gasteiger partial charge is 0.398 e. The number of anilines is 2. The number of nitrogens with zero attached hydrogens (tertiary/aromatic N) is 1. The number of rotatable bonds is 2. The Morgan fingerprint density at radius 2 is 1.88 bits per heavy atom. The van der Waals surface area contributed by atoms with Crippen LogP contribution in [0, 0.1) is 6.92 Å². The summed E-state index contributed by atoms with van der Waals surface area (Å²) in [6.45, 7) is 2.07. The monoisotopic (exact) mass is 296 g/mol. The zero-order valence-corrected chi connectivity index (χ0v) is 12.3. The third kappa shape index (κ3) is 2.76. The summed E-state index contributed by atoms with van der Waals surface area (Å²) in [4.78, 5) is 2.41. The fraction of sp³-hybridized carbons (Fsp3) is 0.571. The van der Waals surface area contributed by atoms with Gasteiger partial charge in [-0.25, -0.2) is 0 Å². The Balaban J connectivity index is 2.23. The first kappa shape index (κ1) is 12.7. The first-order chi connectivity index (χ1) is 8.09. The molecule has 1 fully saturated rings. The van der Waals surface area contributed by atoms with E-state index in [0.29, 0.717) is 6.04 Å². The second-order valence-electron chi connectivity index (χ2n) is 5.06. The van der Waals surface area contributed by atoms with Crippen molar-refractivity contribution in [3.05, 3.63) is 22.2 Å². The fourth-order valence-electron chi connectivity index (χ4n) is 2.62. The smallest absolute Gasteiger partial charge is 0.0514 e. The van der Waals surface area contributed by atoms with Crippen LogP contribution in [0.25, 0.3) is 0 Å². The molecule has 1 aromatic carbocycles. The maximum atomic E-state index is 5.92. The Bertz CT molecular complexity index is 397. The van der Waals surface area contributed by atoms with Crippen LogP contribution in [-0.4, -0.2) is 13.1 Å². The molecule has 2 nitrogen and oxygen atoms in total. The zero-order valence-electron chi connectivity index (χ0n) is 10.7. The number of halogens is 1. The normalized spacial score (nSPS) is 17.1. The quantitative estimate of drug-likeness (QED) is 0.832. The van der Waals surface area contributed by atoms with Gasteiger partial charge in [0.05, 0.1) is 5.69 Å². The molecular weight excluding hydrogens is 276 g/mol. The summed E-state index contributed by atoms with van der Waals surface area (Å²) in [6, 6.07) is 4.89. The van der Waals surface area contributed by atoms with Gasteiger partial charge in [-0.3, -0.25) is 0 Å². The highest BCUT2D eigenvalue weighted by Gasteiger charge is 2.20. The molecule has 3 heteroatoms. The summed E-state index contributed by atoms with van der Waals surface area (Å²) >= 11 is 3.63. The molecule has 0 bridgehead atoms. The lowest BCUT2D eigenvalue weighted by Gasteiger charge is -2.34. The number of nitrogens with two attached hydrogens (primary N) is 1. The van der Waals surface area contributed by atoms with Crippen LogP contribution in [0.2, 0.25) is 0 Å². The van der Waals surface area contributed by atoms with Gasteiger partial charge in [-0.2, -0.15) is 0 Å². The second kappa shape index (κ2) is 5.30. The van der Waals surface area contributed by atoms with Crippen molar-refractivity contribution in [3.63, 3.8) is 0 Å². The highest BCUT2D eigenvalue weighted by atomic mass is 79.9. The molecule has 0 aliphatic heterocycles. The summed E-state index contributed by atoms with van der Waals surface area (Å²) in [7, 11) is 2.20. The van der Waals surface area contributed by atoms with Crippen LogP contribution in [0.1, 0.15) is 37.7 Å². The molecule has 0 aromatic heterocycles. The van der Waals surface area contributed by atoms with Crippen molar-refractivity contribution in [1.82, 2.24) is 0 Å². The number of benzene rings is 1. The molecule has 17 heavy (non-hydrogen) atoms. The molecule has 94 valence electrons. The van der Waals surface area contributed by atoms with Crippen LogP contribution in [0.15, 0.2) is 16.6 Å². The molecule has 2 N–H and O–H groups in total. The fourth-order valence-corrected chi connectivity index (χ4v) is 3.26.